The lowest BCUT2D eigenvalue weighted by Crippen LogP contribution is -2.52. The molecule has 1 aromatic rings. The van der Waals surface area contributed by atoms with Crippen molar-refractivity contribution in [1.82, 2.24) is 20.4 Å². The van der Waals surface area contributed by atoms with Gasteiger partial charge in [-0.1, -0.05) is 18.2 Å². The summed E-state index contributed by atoms with van der Waals surface area (Å²) in [5.41, 5.74) is 0. The maximum Gasteiger partial charge on any atom is 0.191 e. The number of benzene rings is 1. The van der Waals surface area contributed by atoms with E-state index in [9.17, 15) is 0 Å². The third kappa shape index (κ3) is 6.40. The predicted molar refractivity (Wildman–Crippen MR) is 117 cm³/mol. The number of thioether (sulfide) groups is 1. The van der Waals surface area contributed by atoms with Crippen LogP contribution in [-0.2, 0) is 0 Å². The van der Waals surface area contributed by atoms with Crippen molar-refractivity contribution in [2.75, 3.05) is 52.9 Å². The first-order chi connectivity index (χ1) is 13.1. The highest BCUT2D eigenvalue weighted by Gasteiger charge is 2.43. The molecule has 1 aromatic carbocycles. The maximum absolute atomic E-state index is 4.92. The van der Waals surface area contributed by atoms with E-state index in [2.05, 4.69) is 71.7 Å². The van der Waals surface area contributed by atoms with Gasteiger partial charge in [-0.3, -0.25) is 9.89 Å². The number of hydrogen-bond acceptors (Lipinski definition) is 4. The molecule has 0 bridgehead atoms. The summed E-state index contributed by atoms with van der Waals surface area (Å²) < 4.78 is 0.298. The van der Waals surface area contributed by atoms with Gasteiger partial charge in [-0.15, -0.1) is 11.8 Å². The van der Waals surface area contributed by atoms with Crippen molar-refractivity contribution >= 4 is 17.7 Å². The molecule has 3 rings (SSSR count). The fourth-order valence-electron chi connectivity index (χ4n) is 3.37. The van der Waals surface area contributed by atoms with E-state index in [0.29, 0.717) is 10.8 Å². The van der Waals surface area contributed by atoms with Crippen LogP contribution in [0.1, 0.15) is 26.7 Å². The van der Waals surface area contributed by atoms with Crippen molar-refractivity contribution in [2.45, 2.75) is 42.4 Å². The normalized spacial score (nSPS) is 21.7. The average molecular weight is 390 g/mol. The van der Waals surface area contributed by atoms with Gasteiger partial charge in [0.1, 0.15) is 0 Å². The van der Waals surface area contributed by atoms with Crippen LogP contribution in [0, 0.1) is 0 Å². The second kappa shape index (κ2) is 9.80. The smallest absolute Gasteiger partial charge is 0.191 e. The summed E-state index contributed by atoms with van der Waals surface area (Å²) in [7, 11) is 2.21. The molecule has 2 N–H and O–H groups in total. The van der Waals surface area contributed by atoms with E-state index >= 15 is 0 Å². The Bertz CT molecular complexity index is 594. The second-order valence-electron chi connectivity index (χ2n) is 7.86. The van der Waals surface area contributed by atoms with Gasteiger partial charge in [0.15, 0.2) is 5.96 Å². The Hall–Kier alpha value is -1.24. The molecule has 5 nitrogen and oxygen atoms in total. The summed E-state index contributed by atoms with van der Waals surface area (Å²) in [5, 5.41) is 6.98. The lowest BCUT2D eigenvalue weighted by atomic mass is 10.2. The number of nitrogens with one attached hydrogen (secondary N) is 2. The van der Waals surface area contributed by atoms with Crippen LogP contribution < -0.4 is 10.6 Å². The zero-order chi connectivity index (χ0) is 19.1. The fourth-order valence-corrected chi connectivity index (χ4v) is 4.60. The molecule has 1 aliphatic carbocycles. The van der Waals surface area contributed by atoms with Gasteiger partial charge in [-0.25, -0.2) is 0 Å². The SMILES string of the molecule is CCNC(=NCC1(Sc2ccccc2)CC1)NCC(C)N1CCN(C)CC1. The largest absolute Gasteiger partial charge is 0.357 e. The number of guanidine groups is 1. The van der Waals surface area contributed by atoms with E-state index in [0.717, 1.165) is 51.8 Å². The summed E-state index contributed by atoms with van der Waals surface area (Å²) in [5.74, 6) is 0.957. The van der Waals surface area contributed by atoms with Gasteiger partial charge in [-0.05, 0) is 45.9 Å². The Morgan fingerprint density at radius 3 is 2.48 bits per heavy atom. The van der Waals surface area contributed by atoms with Crippen molar-refractivity contribution in [2.24, 2.45) is 4.99 Å². The Kier molecular flexibility index (Phi) is 7.44. The molecule has 0 spiro atoms. The van der Waals surface area contributed by atoms with E-state index in [1.165, 1.54) is 17.7 Å². The van der Waals surface area contributed by atoms with Crippen molar-refractivity contribution in [1.29, 1.82) is 0 Å². The number of likely N-dealkylation sites (N-methyl/N-ethyl adjacent to an activating group) is 1. The van der Waals surface area contributed by atoms with Crippen molar-refractivity contribution in [3.05, 3.63) is 30.3 Å². The number of piperazine rings is 1. The minimum Gasteiger partial charge on any atom is -0.357 e. The van der Waals surface area contributed by atoms with Crippen molar-refractivity contribution < 1.29 is 0 Å². The molecule has 150 valence electrons. The van der Waals surface area contributed by atoms with Crippen LogP contribution in [0.3, 0.4) is 0 Å². The molecule has 1 aliphatic heterocycles. The third-order valence-electron chi connectivity index (χ3n) is 5.48. The van der Waals surface area contributed by atoms with Crippen LogP contribution >= 0.6 is 11.8 Å². The first kappa shape index (κ1) is 20.5. The first-order valence-corrected chi connectivity index (χ1v) is 11.1. The van der Waals surface area contributed by atoms with E-state index in [-0.39, 0.29) is 0 Å². The standard InChI is InChI=1S/C21H35N5S/c1-4-22-20(23-16-18(2)26-14-12-25(3)13-15-26)24-17-21(10-11-21)27-19-8-6-5-7-9-19/h5-9,18H,4,10-17H2,1-3H3,(H2,22,23,24). The van der Waals surface area contributed by atoms with Crippen LogP contribution in [0.15, 0.2) is 40.2 Å². The third-order valence-corrected chi connectivity index (χ3v) is 6.96. The van der Waals surface area contributed by atoms with E-state index in [1.54, 1.807) is 0 Å². The molecule has 1 heterocycles. The lowest BCUT2D eigenvalue weighted by Gasteiger charge is -2.36. The Balaban J connectivity index is 1.49. The van der Waals surface area contributed by atoms with Crippen LogP contribution in [0.2, 0.25) is 0 Å². The number of hydrogen-bond donors (Lipinski definition) is 2. The number of nitrogens with zero attached hydrogens (tertiary/aromatic N) is 3. The summed E-state index contributed by atoms with van der Waals surface area (Å²) in [6, 6.07) is 11.2. The molecule has 1 saturated carbocycles. The van der Waals surface area contributed by atoms with Gasteiger partial charge >= 0.3 is 0 Å². The van der Waals surface area contributed by atoms with Crippen molar-refractivity contribution in [3.63, 3.8) is 0 Å². The maximum atomic E-state index is 4.92. The fraction of sp³-hybridized carbons (Fsp3) is 0.667. The second-order valence-corrected chi connectivity index (χ2v) is 9.40. The summed E-state index contributed by atoms with van der Waals surface area (Å²) in [4.78, 5) is 11.3. The summed E-state index contributed by atoms with van der Waals surface area (Å²) >= 11 is 1.99. The van der Waals surface area contributed by atoms with Crippen molar-refractivity contribution in [3.8, 4) is 0 Å². The molecule has 0 amide bonds. The summed E-state index contributed by atoms with van der Waals surface area (Å²) in [6.45, 7) is 11.8. The predicted octanol–water partition coefficient (Wildman–Crippen LogP) is 2.50. The first-order valence-electron chi connectivity index (χ1n) is 10.3. The molecule has 1 saturated heterocycles. The minimum absolute atomic E-state index is 0.298. The average Bonchev–Trinajstić information content (AvgIpc) is 3.45. The highest BCUT2D eigenvalue weighted by Crippen LogP contribution is 2.51. The molecule has 2 fully saturated rings. The molecule has 1 atom stereocenters. The van der Waals surface area contributed by atoms with Gasteiger partial charge < -0.3 is 15.5 Å². The highest BCUT2D eigenvalue weighted by molar-refractivity contribution is 8.01. The number of rotatable bonds is 8. The Labute approximate surface area is 169 Å². The minimum atomic E-state index is 0.298. The quantitative estimate of drug-likeness (QED) is 0.528. The van der Waals surface area contributed by atoms with Crippen LogP contribution in [0.4, 0.5) is 0 Å². The van der Waals surface area contributed by atoms with Gasteiger partial charge in [-0.2, -0.15) is 0 Å². The van der Waals surface area contributed by atoms with Crippen LogP contribution in [0.5, 0.6) is 0 Å². The molecular weight excluding hydrogens is 354 g/mol. The van der Waals surface area contributed by atoms with Gasteiger partial charge in [0, 0.05) is 55.0 Å². The van der Waals surface area contributed by atoms with E-state index < -0.39 is 0 Å². The molecular formula is C21H35N5S. The van der Waals surface area contributed by atoms with Gasteiger partial charge in [0.25, 0.3) is 0 Å². The monoisotopic (exact) mass is 389 g/mol. The lowest BCUT2D eigenvalue weighted by molar-refractivity contribution is 0.120. The molecule has 0 aromatic heterocycles. The zero-order valence-electron chi connectivity index (χ0n) is 17.1. The number of aliphatic imine (C=N–C) groups is 1. The molecule has 2 aliphatic rings. The Morgan fingerprint density at radius 2 is 1.85 bits per heavy atom. The molecule has 0 radical (unpaired) electrons. The van der Waals surface area contributed by atoms with Gasteiger partial charge in [0.05, 0.1) is 6.54 Å². The molecule has 1 unspecified atom stereocenters. The van der Waals surface area contributed by atoms with E-state index in [1.807, 2.05) is 11.8 Å². The van der Waals surface area contributed by atoms with Crippen LogP contribution in [0.25, 0.3) is 0 Å². The summed E-state index contributed by atoms with van der Waals surface area (Å²) in [6.07, 6.45) is 2.51. The zero-order valence-corrected chi connectivity index (χ0v) is 17.9. The van der Waals surface area contributed by atoms with Crippen LogP contribution in [-0.4, -0.2) is 79.4 Å². The Morgan fingerprint density at radius 1 is 1.15 bits per heavy atom. The topological polar surface area (TPSA) is 42.9 Å². The highest BCUT2D eigenvalue weighted by atomic mass is 32.2. The van der Waals surface area contributed by atoms with Gasteiger partial charge in [0.2, 0.25) is 0 Å². The molecule has 6 heteroatoms. The van der Waals surface area contributed by atoms with E-state index in [4.69, 9.17) is 4.99 Å². The molecule has 27 heavy (non-hydrogen) atoms.